The van der Waals surface area contributed by atoms with E-state index in [2.05, 4.69) is 30.0 Å². The Morgan fingerprint density at radius 1 is 1.11 bits per heavy atom. The van der Waals surface area contributed by atoms with Gasteiger partial charge < -0.3 is 0 Å². The Kier molecular flexibility index (Phi) is 10.2. The molecule has 0 atom stereocenters. The number of rotatable bonds is 6. The highest BCUT2D eigenvalue weighted by molar-refractivity contribution is 6.31. The van der Waals surface area contributed by atoms with Crippen LogP contribution in [0.25, 0.3) is 0 Å². The molecule has 0 amide bonds. The van der Waals surface area contributed by atoms with Crippen molar-refractivity contribution in [2.75, 3.05) is 27.7 Å². The predicted molar refractivity (Wildman–Crippen MR) is 81.8 cm³/mol. The average molecular weight is 248 g/mol. The van der Waals surface area contributed by atoms with Crippen LogP contribution < -0.4 is 0 Å². The summed E-state index contributed by atoms with van der Waals surface area (Å²) >= 11 is 0. The lowest BCUT2D eigenvalue weighted by Crippen LogP contribution is -2.07. The zero-order chi connectivity index (χ0) is 13.6. The molecule has 0 spiro atoms. The van der Waals surface area contributed by atoms with Crippen molar-refractivity contribution in [2.24, 2.45) is 30.0 Å². The van der Waals surface area contributed by atoms with Gasteiger partial charge in [0.1, 0.15) is 12.2 Å². The average Bonchev–Trinajstić information content (AvgIpc) is 2.39. The van der Waals surface area contributed by atoms with Crippen molar-refractivity contribution in [3.8, 4) is 0 Å². The van der Waals surface area contributed by atoms with Crippen molar-refractivity contribution in [3.05, 3.63) is 0 Å². The van der Waals surface area contributed by atoms with Gasteiger partial charge in [0.05, 0.1) is 12.3 Å². The first-order chi connectivity index (χ1) is 8.78. The van der Waals surface area contributed by atoms with E-state index < -0.39 is 0 Å². The minimum atomic E-state index is 0.468. The first kappa shape index (κ1) is 16.0. The molecule has 0 aliphatic rings. The maximum atomic E-state index is 4.36. The fourth-order valence-corrected chi connectivity index (χ4v) is 1.05. The highest BCUT2D eigenvalue weighted by atomic mass is 14.9. The third-order valence-corrected chi connectivity index (χ3v) is 1.83. The summed E-state index contributed by atoms with van der Waals surface area (Å²) in [5.41, 5.74) is 0.813. The molecule has 0 saturated heterocycles. The van der Waals surface area contributed by atoms with Crippen molar-refractivity contribution in [2.45, 2.75) is 13.3 Å². The molecule has 0 radical (unpaired) electrons. The van der Waals surface area contributed by atoms with E-state index in [0.29, 0.717) is 18.8 Å². The highest BCUT2D eigenvalue weighted by Crippen LogP contribution is 1.89. The summed E-state index contributed by atoms with van der Waals surface area (Å²) in [5.74, 6) is 0.705. The smallest absolute Gasteiger partial charge is 0.128 e. The number of hydrogen-bond donors (Lipinski definition) is 0. The highest BCUT2D eigenvalue weighted by Gasteiger charge is 1.96. The van der Waals surface area contributed by atoms with Gasteiger partial charge in [-0.3, -0.25) is 20.0 Å². The molecule has 0 rings (SSSR count). The number of aliphatic imine (C=N–C) groups is 6. The van der Waals surface area contributed by atoms with Gasteiger partial charge in [-0.05, 0) is 6.92 Å². The second kappa shape index (κ2) is 11.5. The topological polar surface area (TPSA) is 74.2 Å². The van der Waals surface area contributed by atoms with Crippen LogP contribution >= 0.6 is 0 Å². The van der Waals surface area contributed by atoms with Crippen LogP contribution in [-0.2, 0) is 0 Å². The molecule has 6 heteroatoms. The van der Waals surface area contributed by atoms with Gasteiger partial charge >= 0.3 is 0 Å². The van der Waals surface area contributed by atoms with E-state index in [0.717, 1.165) is 5.71 Å². The molecule has 0 aromatic carbocycles. The largest absolute Gasteiger partial charge is 0.295 e. The van der Waals surface area contributed by atoms with E-state index in [-0.39, 0.29) is 0 Å². The molecule has 0 bridgehead atoms. The van der Waals surface area contributed by atoms with Crippen LogP contribution in [0.1, 0.15) is 13.3 Å². The molecular formula is C12H20N6. The van der Waals surface area contributed by atoms with E-state index in [1.54, 1.807) is 39.8 Å². The second-order valence-electron chi connectivity index (χ2n) is 3.13. The minimum Gasteiger partial charge on any atom is -0.295 e. The number of amidine groups is 1. The summed E-state index contributed by atoms with van der Waals surface area (Å²) in [5, 5.41) is 0. The standard InChI is InChI=1S/C12H20N6/c1-5-17-12(6-7-16-10-14-3)18-9-11(15-4)8-13-2/h5,7-8,10H,6,9H2,1-4H3/b13-8-,14-10-,15-11+,16-7-,17-5-,18-12-. The maximum Gasteiger partial charge on any atom is 0.128 e. The molecule has 0 saturated carbocycles. The van der Waals surface area contributed by atoms with Crippen molar-refractivity contribution >= 4 is 36.5 Å². The van der Waals surface area contributed by atoms with Crippen LogP contribution in [0.5, 0.6) is 0 Å². The lowest BCUT2D eigenvalue weighted by Gasteiger charge is -1.97. The zero-order valence-corrected chi connectivity index (χ0v) is 11.4. The van der Waals surface area contributed by atoms with Crippen LogP contribution in [0, 0.1) is 0 Å². The van der Waals surface area contributed by atoms with Crippen molar-refractivity contribution in [1.29, 1.82) is 0 Å². The molecule has 0 aliphatic heterocycles. The van der Waals surface area contributed by atoms with Gasteiger partial charge in [0, 0.05) is 46.2 Å². The molecule has 0 aromatic rings. The van der Waals surface area contributed by atoms with Gasteiger partial charge in [0.2, 0.25) is 0 Å². The second-order valence-corrected chi connectivity index (χ2v) is 3.13. The zero-order valence-electron chi connectivity index (χ0n) is 11.4. The molecule has 0 aliphatic carbocycles. The molecule has 0 aromatic heterocycles. The molecule has 0 N–H and O–H groups in total. The van der Waals surface area contributed by atoms with Crippen molar-refractivity contribution < 1.29 is 0 Å². The lowest BCUT2D eigenvalue weighted by atomic mass is 10.4. The van der Waals surface area contributed by atoms with Crippen LogP contribution in [0.4, 0.5) is 0 Å². The van der Waals surface area contributed by atoms with Crippen molar-refractivity contribution in [3.63, 3.8) is 0 Å². The van der Waals surface area contributed by atoms with Crippen LogP contribution in [-0.4, -0.2) is 64.2 Å². The third kappa shape index (κ3) is 8.20. The van der Waals surface area contributed by atoms with E-state index in [1.165, 1.54) is 6.34 Å². The van der Waals surface area contributed by atoms with Gasteiger partial charge in [-0.25, -0.2) is 9.98 Å². The monoisotopic (exact) mass is 248 g/mol. The fraction of sp³-hybridized carbons (Fsp3) is 0.500. The van der Waals surface area contributed by atoms with Crippen LogP contribution in [0.3, 0.4) is 0 Å². The van der Waals surface area contributed by atoms with Crippen LogP contribution in [0.15, 0.2) is 30.0 Å². The van der Waals surface area contributed by atoms with Crippen LogP contribution in [0.2, 0.25) is 0 Å². The summed E-state index contributed by atoms with van der Waals surface area (Å²) in [6, 6.07) is 0. The van der Waals surface area contributed by atoms with Crippen molar-refractivity contribution in [1.82, 2.24) is 0 Å². The fourth-order valence-electron chi connectivity index (χ4n) is 1.05. The Morgan fingerprint density at radius 3 is 2.44 bits per heavy atom. The van der Waals surface area contributed by atoms with Gasteiger partial charge in [-0.2, -0.15) is 0 Å². The first-order valence-electron chi connectivity index (χ1n) is 5.60. The molecule has 0 fully saturated rings. The summed E-state index contributed by atoms with van der Waals surface area (Å²) in [7, 11) is 5.09. The molecule has 0 unspecified atom stereocenters. The molecule has 6 nitrogen and oxygen atoms in total. The quantitative estimate of drug-likeness (QED) is 0.503. The van der Waals surface area contributed by atoms with Gasteiger partial charge in [0.15, 0.2) is 0 Å². The Balaban J connectivity index is 4.58. The third-order valence-electron chi connectivity index (χ3n) is 1.83. The Hall–Kier alpha value is -1.98. The first-order valence-corrected chi connectivity index (χ1v) is 5.60. The normalized spacial score (nSPS) is 14.9. The summed E-state index contributed by atoms with van der Waals surface area (Å²) in [6.45, 7) is 2.32. The van der Waals surface area contributed by atoms with E-state index in [1.807, 2.05) is 6.92 Å². The van der Waals surface area contributed by atoms with Gasteiger partial charge in [0.25, 0.3) is 0 Å². The Labute approximate surface area is 108 Å². The molecule has 98 valence electrons. The minimum absolute atomic E-state index is 0.468. The van der Waals surface area contributed by atoms with E-state index in [9.17, 15) is 0 Å². The number of hydrogen-bond acceptors (Lipinski definition) is 4. The maximum absolute atomic E-state index is 4.36. The van der Waals surface area contributed by atoms with Gasteiger partial charge in [-0.15, -0.1) is 0 Å². The summed E-state index contributed by atoms with van der Waals surface area (Å²) in [4.78, 5) is 24.2. The van der Waals surface area contributed by atoms with E-state index in [4.69, 9.17) is 0 Å². The summed E-state index contributed by atoms with van der Waals surface area (Å²) in [6.07, 6.45) is 7.16. The molecule has 0 heterocycles. The lowest BCUT2D eigenvalue weighted by molar-refractivity contribution is 1.24. The Bertz CT molecular complexity index is 387. The van der Waals surface area contributed by atoms with E-state index >= 15 is 0 Å². The Morgan fingerprint density at radius 2 is 1.89 bits per heavy atom. The SMILES string of the molecule is C/C=N\C(C/C=N\C=N/C)=N/CC(/C=N\C)=N/C. The predicted octanol–water partition coefficient (Wildman–Crippen LogP) is 1.37. The summed E-state index contributed by atoms with van der Waals surface area (Å²) < 4.78 is 0. The van der Waals surface area contributed by atoms with Gasteiger partial charge in [-0.1, -0.05) is 0 Å². The number of nitrogens with zero attached hydrogens (tertiary/aromatic N) is 6. The molecular weight excluding hydrogens is 228 g/mol. The molecule has 18 heavy (non-hydrogen) atoms.